The van der Waals surface area contributed by atoms with E-state index in [1.165, 1.54) is 0 Å². The van der Waals surface area contributed by atoms with E-state index in [-0.39, 0.29) is 5.38 Å². The fraction of sp³-hybridized carbons (Fsp3) is 1.00. The monoisotopic (exact) mass is 163 g/mol. The molecule has 0 N–H and O–H groups in total. The molecule has 1 saturated heterocycles. The first-order chi connectivity index (χ1) is 4.79. The van der Waals surface area contributed by atoms with Crippen molar-refractivity contribution in [1.29, 1.82) is 0 Å². The standard InChI is InChI=1S/C7H14ClNO/c1-7(8)6-9-2-4-10-5-3-9/h7H,2-6H2,1H3. The third-order valence-corrected chi connectivity index (χ3v) is 1.75. The van der Waals surface area contributed by atoms with Crippen LogP contribution >= 0.6 is 11.6 Å². The average molecular weight is 164 g/mol. The molecule has 1 unspecified atom stereocenters. The lowest BCUT2D eigenvalue weighted by Crippen LogP contribution is -2.39. The number of hydrogen-bond acceptors (Lipinski definition) is 2. The highest BCUT2D eigenvalue weighted by atomic mass is 35.5. The molecule has 1 aliphatic heterocycles. The molecular formula is C7H14ClNO. The van der Waals surface area contributed by atoms with Crippen LogP contribution < -0.4 is 0 Å². The summed E-state index contributed by atoms with van der Waals surface area (Å²) in [6.45, 7) is 6.82. The Morgan fingerprint density at radius 2 is 2.10 bits per heavy atom. The maximum Gasteiger partial charge on any atom is 0.0594 e. The highest BCUT2D eigenvalue weighted by Gasteiger charge is 2.11. The van der Waals surface area contributed by atoms with E-state index in [0.717, 1.165) is 32.8 Å². The van der Waals surface area contributed by atoms with Crippen LogP contribution in [0.4, 0.5) is 0 Å². The summed E-state index contributed by atoms with van der Waals surface area (Å²) in [4.78, 5) is 2.33. The van der Waals surface area contributed by atoms with Crippen molar-refractivity contribution in [3.8, 4) is 0 Å². The molecule has 0 saturated carbocycles. The van der Waals surface area contributed by atoms with Gasteiger partial charge in [0.1, 0.15) is 0 Å². The molecule has 0 amide bonds. The molecule has 60 valence electrons. The van der Waals surface area contributed by atoms with Gasteiger partial charge in [-0.25, -0.2) is 0 Å². The number of alkyl halides is 1. The van der Waals surface area contributed by atoms with E-state index in [2.05, 4.69) is 4.90 Å². The minimum atomic E-state index is 0.262. The second kappa shape index (κ2) is 4.16. The van der Waals surface area contributed by atoms with Gasteiger partial charge in [-0.1, -0.05) is 0 Å². The lowest BCUT2D eigenvalue weighted by atomic mass is 10.3. The first-order valence-electron chi connectivity index (χ1n) is 3.73. The van der Waals surface area contributed by atoms with Crippen LogP contribution in [0.5, 0.6) is 0 Å². The van der Waals surface area contributed by atoms with E-state index in [1.54, 1.807) is 0 Å². The molecular weight excluding hydrogens is 150 g/mol. The number of rotatable bonds is 2. The summed E-state index contributed by atoms with van der Waals surface area (Å²) in [7, 11) is 0. The van der Waals surface area contributed by atoms with Gasteiger partial charge >= 0.3 is 0 Å². The molecule has 1 atom stereocenters. The van der Waals surface area contributed by atoms with Crippen molar-refractivity contribution in [2.24, 2.45) is 0 Å². The summed E-state index contributed by atoms with van der Waals surface area (Å²) < 4.78 is 5.20. The van der Waals surface area contributed by atoms with E-state index in [9.17, 15) is 0 Å². The largest absolute Gasteiger partial charge is 0.379 e. The summed E-state index contributed by atoms with van der Waals surface area (Å²) >= 11 is 5.83. The number of morpholine rings is 1. The predicted octanol–water partition coefficient (Wildman–Crippen LogP) is 0.946. The van der Waals surface area contributed by atoms with E-state index in [4.69, 9.17) is 16.3 Å². The quantitative estimate of drug-likeness (QED) is 0.562. The van der Waals surface area contributed by atoms with Crippen molar-refractivity contribution >= 4 is 11.6 Å². The van der Waals surface area contributed by atoms with Crippen molar-refractivity contribution in [2.45, 2.75) is 12.3 Å². The fourth-order valence-electron chi connectivity index (χ4n) is 1.14. The van der Waals surface area contributed by atoms with Crippen molar-refractivity contribution < 1.29 is 4.74 Å². The zero-order valence-electron chi connectivity index (χ0n) is 6.35. The van der Waals surface area contributed by atoms with Crippen LogP contribution in [0.1, 0.15) is 6.92 Å². The molecule has 0 aromatic rings. The highest BCUT2D eigenvalue weighted by Crippen LogP contribution is 2.01. The van der Waals surface area contributed by atoms with Crippen LogP contribution in [-0.4, -0.2) is 43.1 Å². The Kier molecular flexibility index (Phi) is 3.46. The highest BCUT2D eigenvalue weighted by molar-refractivity contribution is 6.20. The van der Waals surface area contributed by atoms with Gasteiger partial charge in [0.25, 0.3) is 0 Å². The first-order valence-corrected chi connectivity index (χ1v) is 4.17. The third kappa shape index (κ3) is 2.86. The van der Waals surface area contributed by atoms with Crippen molar-refractivity contribution in [1.82, 2.24) is 4.90 Å². The Hall–Kier alpha value is 0.210. The SMILES string of the molecule is CC(Cl)CN1CCOCC1. The van der Waals surface area contributed by atoms with Gasteiger partial charge < -0.3 is 4.74 Å². The number of halogens is 1. The summed E-state index contributed by atoms with van der Waals surface area (Å²) in [6, 6.07) is 0. The molecule has 0 radical (unpaired) electrons. The van der Waals surface area contributed by atoms with Gasteiger partial charge in [0.15, 0.2) is 0 Å². The first kappa shape index (κ1) is 8.31. The van der Waals surface area contributed by atoms with Crippen LogP contribution in [0.2, 0.25) is 0 Å². The number of ether oxygens (including phenoxy) is 1. The zero-order valence-corrected chi connectivity index (χ0v) is 7.10. The predicted molar refractivity (Wildman–Crippen MR) is 42.6 cm³/mol. The van der Waals surface area contributed by atoms with Crippen LogP contribution in [-0.2, 0) is 4.74 Å². The van der Waals surface area contributed by atoms with Gasteiger partial charge in [-0.3, -0.25) is 4.90 Å². The summed E-state index contributed by atoms with van der Waals surface area (Å²) in [5.41, 5.74) is 0. The lowest BCUT2D eigenvalue weighted by molar-refractivity contribution is 0.0384. The lowest BCUT2D eigenvalue weighted by Gasteiger charge is -2.27. The smallest absolute Gasteiger partial charge is 0.0594 e. The van der Waals surface area contributed by atoms with Gasteiger partial charge in [-0.2, -0.15) is 0 Å². The fourth-order valence-corrected chi connectivity index (χ4v) is 1.33. The van der Waals surface area contributed by atoms with E-state index in [1.807, 2.05) is 6.92 Å². The van der Waals surface area contributed by atoms with Crippen molar-refractivity contribution in [3.05, 3.63) is 0 Å². The third-order valence-electron chi connectivity index (χ3n) is 1.61. The molecule has 1 aliphatic rings. The van der Waals surface area contributed by atoms with E-state index >= 15 is 0 Å². The van der Waals surface area contributed by atoms with E-state index in [0.29, 0.717) is 0 Å². The summed E-state index contributed by atoms with van der Waals surface area (Å²) in [5, 5.41) is 0.262. The average Bonchev–Trinajstić information content (AvgIpc) is 1.88. The van der Waals surface area contributed by atoms with Gasteiger partial charge in [0.05, 0.1) is 13.2 Å². The molecule has 1 rings (SSSR count). The summed E-state index contributed by atoms with van der Waals surface area (Å²) in [6.07, 6.45) is 0. The molecule has 10 heavy (non-hydrogen) atoms. The maximum absolute atomic E-state index is 5.83. The molecule has 2 nitrogen and oxygen atoms in total. The molecule has 3 heteroatoms. The molecule has 0 aromatic carbocycles. The van der Waals surface area contributed by atoms with Crippen molar-refractivity contribution in [2.75, 3.05) is 32.8 Å². The van der Waals surface area contributed by atoms with E-state index < -0.39 is 0 Å². The normalized spacial score (nSPS) is 24.6. The topological polar surface area (TPSA) is 12.5 Å². The molecule has 0 bridgehead atoms. The van der Waals surface area contributed by atoms with Gasteiger partial charge in [-0.15, -0.1) is 11.6 Å². The number of nitrogens with zero attached hydrogens (tertiary/aromatic N) is 1. The molecule has 1 heterocycles. The van der Waals surface area contributed by atoms with Crippen LogP contribution in [0.15, 0.2) is 0 Å². The van der Waals surface area contributed by atoms with Gasteiger partial charge in [-0.05, 0) is 6.92 Å². The van der Waals surface area contributed by atoms with Crippen LogP contribution in [0.25, 0.3) is 0 Å². The summed E-state index contributed by atoms with van der Waals surface area (Å²) in [5.74, 6) is 0. The van der Waals surface area contributed by atoms with Crippen LogP contribution in [0, 0.1) is 0 Å². The molecule has 0 aromatic heterocycles. The molecule has 0 aliphatic carbocycles. The zero-order chi connectivity index (χ0) is 7.40. The van der Waals surface area contributed by atoms with Gasteiger partial charge in [0.2, 0.25) is 0 Å². The second-order valence-electron chi connectivity index (χ2n) is 2.69. The Labute approximate surface area is 67.1 Å². The van der Waals surface area contributed by atoms with Crippen LogP contribution in [0.3, 0.4) is 0 Å². The Morgan fingerprint density at radius 1 is 1.50 bits per heavy atom. The molecule has 1 fully saturated rings. The minimum Gasteiger partial charge on any atom is -0.379 e. The van der Waals surface area contributed by atoms with Gasteiger partial charge in [0, 0.05) is 25.0 Å². The second-order valence-corrected chi connectivity index (χ2v) is 3.44. The van der Waals surface area contributed by atoms with Crippen molar-refractivity contribution in [3.63, 3.8) is 0 Å². The Morgan fingerprint density at radius 3 is 2.60 bits per heavy atom. The Balaban J connectivity index is 2.13. The Bertz CT molecular complexity index is 91.6. The molecule has 0 spiro atoms. The minimum absolute atomic E-state index is 0.262. The maximum atomic E-state index is 5.83. The number of hydrogen-bond donors (Lipinski definition) is 0.